The van der Waals surface area contributed by atoms with Crippen molar-refractivity contribution in [3.63, 3.8) is 0 Å². The summed E-state index contributed by atoms with van der Waals surface area (Å²) >= 11 is 6.14. The second kappa shape index (κ2) is 9.36. The van der Waals surface area contributed by atoms with Crippen LogP contribution in [0, 0.1) is 5.41 Å². The molecule has 0 bridgehead atoms. The molecule has 5 rings (SSSR count). The van der Waals surface area contributed by atoms with Crippen LogP contribution in [-0.2, 0) is 9.57 Å². The Morgan fingerprint density at radius 2 is 1.72 bits per heavy atom. The second-order valence-corrected chi connectivity index (χ2v) is 9.64. The molecule has 2 heterocycles. The number of halogens is 1. The van der Waals surface area contributed by atoms with Gasteiger partial charge in [-0.25, -0.2) is 4.79 Å². The summed E-state index contributed by atoms with van der Waals surface area (Å²) in [7, 11) is 0. The molecule has 32 heavy (non-hydrogen) atoms. The van der Waals surface area contributed by atoms with Crippen LogP contribution in [0.2, 0.25) is 5.02 Å². The van der Waals surface area contributed by atoms with Gasteiger partial charge in [-0.3, -0.25) is 4.90 Å². The van der Waals surface area contributed by atoms with Gasteiger partial charge in [-0.1, -0.05) is 47.5 Å². The zero-order valence-corrected chi connectivity index (χ0v) is 19.0. The molecule has 2 aliphatic heterocycles. The molecule has 2 aromatic carbocycles. The van der Waals surface area contributed by atoms with E-state index in [-0.39, 0.29) is 5.97 Å². The minimum atomic E-state index is -0.285. The molecular weight excluding hydrogens is 424 g/mol. The van der Waals surface area contributed by atoms with Crippen LogP contribution in [0.1, 0.15) is 35.2 Å². The maximum absolute atomic E-state index is 12.3. The van der Waals surface area contributed by atoms with Crippen molar-refractivity contribution in [2.45, 2.75) is 19.3 Å². The molecule has 168 valence electrons. The number of hydroxylamine groups is 2. The maximum atomic E-state index is 12.3. The van der Waals surface area contributed by atoms with E-state index in [4.69, 9.17) is 21.2 Å². The highest BCUT2D eigenvalue weighted by molar-refractivity contribution is 6.30. The SMILES string of the molecule is O=C(ON1CCN(CC2=C(c3ccc(Cl)cc3)CC3(CC2)COC3)CC1)c1ccccc1. The molecule has 0 unspecified atom stereocenters. The van der Waals surface area contributed by atoms with Crippen molar-refractivity contribution in [3.8, 4) is 0 Å². The Morgan fingerprint density at radius 3 is 2.38 bits per heavy atom. The molecule has 0 radical (unpaired) electrons. The highest BCUT2D eigenvalue weighted by atomic mass is 35.5. The van der Waals surface area contributed by atoms with Crippen molar-refractivity contribution in [2.75, 3.05) is 45.9 Å². The first-order chi connectivity index (χ1) is 15.6. The van der Waals surface area contributed by atoms with Crippen molar-refractivity contribution >= 4 is 23.1 Å². The average molecular weight is 453 g/mol. The molecular formula is C26H29ClN2O3. The van der Waals surface area contributed by atoms with Crippen LogP contribution >= 0.6 is 11.6 Å². The van der Waals surface area contributed by atoms with Gasteiger partial charge >= 0.3 is 5.97 Å². The van der Waals surface area contributed by atoms with Gasteiger partial charge in [0.2, 0.25) is 0 Å². The van der Waals surface area contributed by atoms with Gasteiger partial charge in [0.1, 0.15) is 0 Å². The third-order valence-corrected chi connectivity index (χ3v) is 7.16. The lowest BCUT2D eigenvalue weighted by molar-refractivity contribution is -0.129. The average Bonchev–Trinajstić information content (AvgIpc) is 2.81. The largest absolute Gasteiger partial charge is 0.380 e. The van der Waals surface area contributed by atoms with E-state index in [1.165, 1.54) is 23.1 Å². The quantitative estimate of drug-likeness (QED) is 0.658. The van der Waals surface area contributed by atoms with Crippen LogP contribution in [0.3, 0.4) is 0 Å². The third kappa shape index (κ3) is 4.76. The summed E-state index contributed by atoms with van der Waals surface area (Å²) in [5, 5.41) is 2.57. The van der Waals surface area contributed by atoms with Crippen LogP contribution < -0.4 is 0 Å². The predicted molar refractivity (Wildman–Crippen MR) is 125 cm³/mol. The van der Waals surface area contributed by atoms with E-state index in [2.05, 4.69) is 17.0 Å². The van der Waals surface area contributed by atoms with E-state index in [0.29, 0.717) is 11.0 Å². The number of hydrogen-bond acceptors (Lipinski definition) is 5. The molecule has 0 amide bonds. The van der Waals surface area contributed by atoms with Gasteiger partial charge < -0.3 is 9.57 Å². The van der Waals surface area contributed by atoms with Gasteiger partial charge in [0.05, 0.1) is 18.8 Å². The third-order valence-electron chi connectivity index (χ3n) is 6.91. The van der Waals surface area contributed by atoms with Gasteiger partial charge in [0.15, 0.2) is 0 Å². The molecule has 0 aromatic heterocycles. The molecule has 0 atom stereocenters. The minimum absolute atomic E-state index is 0.285. The molecule has 0 N–H and O–H groups in total. The lowest BCUT2D eigenvalue weighted by Crippen LogP contribution is -2.48. The van der Waals surface area contributed by atoms with Gasteiger partial charge in [-0.2, -0.15) is 0 Å². The Labute approximate surface area is 194 Å². The summed E-state index contributed by atoms with van der Waals surface area (Å²) in [6, 6.07) is 17.4. The zero-order chi connectivity index (χ0) is 22.0. The highest BCUT2D eigenvalue weighted by Gasteiger charge is 2.42. The van der Waals surface area contributed by atoms with Crippen molar-refractivity contribution in [1.82, 2.24) is 9.96 Å². The summed E-state index contributed by atoms with van der Waals surface area (Å²) < 4.78 is 5.58. The summed E-state index contributed by atoms with van der Waals surface area (Å²) in [6.07, 6.45) is 3.40. The van der Waals surface area contributed by atoms with E-state index in [1.807, 2.05) is 30.3 Å². The van der Waals surface area contributed by atoms with Crippen LogP contribution in [0.25, 0.3) is 5.57 Å². The number of allylic oxidation sites excluding steroid dienone is 1. The predicted octanol–water partition coefficient (Wildman–Crippen LogP) is 4.68. The summed E-state index contributed by atoms with van der Waals surface area (Å²) in [5.74, 6) is -0.285. The monoisotopic (exact) mass is 452 g/mol. The number of carbonyl (C=O) groups is 1. The van der Waals surface area contributed by atoms with E-state index in [1.54, 1.807) is 17.2 Å². The van der Waals surface area contributed by atoms with E-state index in [0.717, 1.165) is 63.8 Å². The number of ether oxygens (including phenoxy) is 1. The lowest BCUT2D eigenvalue weighted by Gasteiger charge is -2.46. The van der Waals surface area contributed by atoms with Gasteiger partial charge in [0, 0.05) is 43.2 Å². The van der Waals surface area contributed by atoms with Crippen LogP contribution in [0.4, 0.5) is 0 Å². The summed E-state index contributed by atoms with van der Waals surface area (Å²) in [6.45, 7) is 5.93. The summed E-state index contributed by atoms with van der Waals surface area (Å²) in [4.78, 5) is 20.4. The molecule has 2 fully saturated rings. The van der Waals surface area contributed by atoms with Crippen molar-refractivity contribution in [3.05, 3.63) is 76.3 Å². The minimum Gasteiger partial charge on any atom is -0.380 e. The molecule has 1 spiro atoms. The van der Waals surface area contributed by atoms with Crippen molar-refractivity contribution in [1.29, 1.82) is 0 Å². The fourth-order valence-corrected chi connectivity index (χ4v) is 5.04. The Hall–Kier alpha value is -2.18. The highest BCUT2D eigenvalue weighted by Crippen LogP contribution is 2.48. The fraction of sp³-hybridized carbons (Fsp3) is 0.423. The van der Waals surface area contributed by atoms with Gasteiger partial charge in [-0.05, 0) is 54.7 Å². The van der Waals surface area contributed by atoms with Gasteiger partial charge in [0.25, 0.3) is 0 Å². The fourth-order valence-electron chi connectivity index (χ4n) is 4.92. The number of piperazine rings is 1. The Morgan fingerprint density at radius 1 is 1.00 bits per heavy atom. The normalized spacial score (nSPS) is 21.4. The smallest absolute Gasteiger partial charge is 0.357 e. The first-order valence-electron chi connectivity index (χ1n) is 11.4. The van der Waals surface area contributed by atoms with E-state index >= 15 is 0 Å². The molecule has 3 aliphatic rings. The zero-order valence-electron chi connectivity index (χ0n) is 18.3. The molecule has 5 nitrogen and oxygen atoms in total. The van der Waals surface area contributed by atoms with Crippen LogP contribution in [0.5, 0.6) is 0 Å². The summed E-state index contributed by atoms with van der Waals surface area (Å²) in [5.41, 5.74) is 5.19. The lowest BCUT2D eigenvalue weighted by atomic mass is 9.69. The standard InChI is InChI=1S/C26H29ClN2O3/c27-23-8-6-20(7-9-23)24-16-26(18-31-19-26)11-10-22(24)17-28-12-14-29(15-13-28)32-25(30)21-4-2-1-3-5-21/h1-9H,10-19H2. The first kappa shape index (κ1) is 21.7. The number of benzene rings is 2. The molecule has 6 heteroatoms. The van der Waals surface area contributed by atoms with Crippen molar-refractivity contribution in [2.24, 2.45) is 5.41 Å². The number of nitrogens with zero attached hydrogens (tertiary/aromatic N) is 2. The Bertz CT molecular complexity index is 978. The number of rotatable bonds is 5. The van der Waals surface area contributed by atoms with Crippen LogP contribution in [-0.4, -0.2) is 61.9 Å². The van der Waals surface area contributed by atoms with E-state index in [9.17, 15) is 4.79 Å². The van der Waals surface area contributed by atoms with Crippen LogP contribution in [0.15, 0.2) is 60.2 Å². The molecule has 2 saturated heterocycles. The number of carbonyl (C=O) groups excluding carboxylic acids is 1. The Kier molecular flexibility index (Phi) is 6.33. The number of hydrogen-bond donors (Lipinski definition) is 0. The molecule has 0 saturated carbocycles. The second-order valence-electron chi connectivity index (χ2n) is 9.21. The van der Waals surface area contributed by atoms with Crippen molar-refractivity contribution < 1.29 is 14.4 Å². The maximum Gasteiger partial charge on any atom is 0.357 e. The Balaban J connectivity index is 1.23. The molecule has 1 aliphatic carbocycles. The van der Waals surface area contributed by atoms with Gasteiger partial charge in [-0.15, -0.1) is 5.06 Å². The first-order valence-corrected chi connectivity index (χ1v) is 11.8. The topological polar surface area (TPSA) is 42.0 Å². The van der Waals surface area contributed by atoms with E-state index < -0.39 is 0 Å². The molecule has 2 aromatic rings.